The Hall–Kier alpha value is -3.55. The molecule has 0 atom stereocenters. The lowest BCUT2D eigenvalue weighted by Gasteiger charge is -2.34. The van der Waals surface area contributed by atoms with Gasteiger partial charge in [-0.05, 0) is 42.4 Å². The molecule has 2 heterocycles. The van der Waals surface area contributed by atoms with Crippen LogP contribution in [-0.4, -0.2) is 52.4 Å². The Balaban J connectivity index is 1.75. The number of phenols is 1. The number of anilines is 1. The van der Waals surface area contributed by atoms with E-state index >= 15 is 0 Å². The second-order valence-corrected chi connectivity index (χ2v) is 9.46. The third-order valence-electron chi connectivity index (χ3n) is 6.58. The van der Waals surface area contributed by atoms with E-state index in [9.17, 15) is 14.7 Å². The van der Waals surface area contributed by atoms with Crippen molar-refractivity contribution in [2.75, 3.05) is 38.1 Å². The van der Waals surface area contributed by atoms with E-state index in [-0.39, 0.29) is 17.9 Å². The maximum absolute atomic E-state index is 13.9. The van der Waals surface area contributed by atoms with E-state index in [2.05, 4.69) is 16.8 Å². The molecule has 0 spiro atoms. The Morgan fingerprint density at radius 3 is 2.14 bits per heavy atom. The van der Waals surface area contributed by atoms with Crippen LogP contribution < -0.4 is 16.1 Å². The molecule has 0 radical (unpaired) electrons. The second kappa shape index (κ2) is 9.60. The topological polar surface area (TPSA) is 70.7 Å². The summed E-state index contributed by atoms with van der Waals surface area (Å²) < 4.78 is 2.92. The molecule has 1 fully saturated rings. The molecule has 7 nitrogen and oxygen atoms in total. The first-order valence-electron chi connectivity index (χ1n) is 11.6. The van der Waals surface area contributed by atoms with Gasteiger partial charge in [0.1, 0.15) is 5.75 Å². The molecule has 1 saturated heterocycles. The quantitative estimate of drug-likeness (QED) is 0.464. The first-order valence-corrected chi connectivity index (χ1v) is 12.0. The van der Waals surface area contributed by atoms with Crippen molar-refractivity contribution in [3.63, 3.8) is 0 Å². The minimum Gasteiger partial charge on any atom is -0.508 e. The van der Waals surface area contributed by atoms with Crippen LogP contribution in [-0.2, 0) is 13.1 Å². The molecule has 4 aromatic rings. The lowest BCUT2D eigenvalue weighted by atomic mass is 10.1. The molecule has 3 aromatic carbocycles. The van der Waals surface area contributed by atoms with Crippen LogP contribution in [0.3, 0.4) is 0 Å². The average Bonchev–Trinajstić information content (AvgIpc) is 2.86. The normalized spacial score (nSPS) is 14.5. The number of nitrogens with zero attached hydrogens (tertiary/aromatic N) is 4. The van der Waals surface area contributed by atoms with Crippen molar-refractivity contribution in [2.45, 2.75) is 13.1 Å². The number of hydrogen-bond acceptors (Lipinski definition) is 5. The number of rotatable bonds is 5. The lowest BCUT2D eigenvalue weighted by molar-refractivity contribution is 0.313. The molecule has 1 aliphatic rings. The fourth-order valence-corrected chi connectivity index (χ4v) is 4.83. The summed E-state index contributed by atoms with van der Waals surface area (Å²) in [5.41, 5.74) is 2.26. The predicted molar refractivity (Wildman–Crippen MR) is 140 cm³/mol. The van der Waals surface area contributed by atoms with E-state index in [1.807, 2.05) is 36.4 Å². The van der Waals surface area contributed by atoms with Gasteiger partial charge in [0.25, 0.3) is 5.56 Å². The zero-order valence-electron chi connectivity index (χ0n) is 19.5. The van der Waals surface area contributed by atoms with Gasteiger partial charge in [-0.2, -0.15) is 0 Å². The summed E-state index contributed by atoms with van der Waals surface area (Å²) in [5.74, 6) is 0.132. The van der Waals surface area contributed by atoms with Gasteiger partial charge in [-0.25, -0.2) is 4.79 Å². The van der Waals surface area contributed by atoms with Gasteiger partial charge in [0.2, 0.25) is 0 Å². The molecule has 8 heteroatoms. The minimum atomic E-state index is -0.397. The second-order valence-electron chi connectivity index (χ2n) is 9.02. The molecule has 0 saturated carbocycles. The summed E-state index contributed by atoms with van der Waals surface area (Å²) in [5, 5.41) is 10.6. The Morgan fingerprint density at radius 1 is 0.829 bits per heavy atom. The van der Waals surface area contributed by atoms with Crippen LogP contribution in [0.15, 0.2) is 76.3 Å². The third-order valence-corrected chi connectivity index (χ3v) is 6.80. The average molecular weight is 491 g/mol. The van der Waals surface area contributed by atoms with Crippen molar-refractivity contribution in [3.05, 3.63) is 104 Å². The lowest BCUT2D eigenvalue weighted by Crippen LogP contribution is -2.46. The SMILES string of the molecule is CN1CCN(c2cc(Cl)cc3c2c(=O)n(Cc2ccc(O)cc2)c(=O)n3Cc2ccccc2)CC1. The van der Waals surface area contributed by atoms with Crippen LogP contribution in [0.2, 0.25) is 5.02 Å². The van der Waals surface area contributed by atoms with E-state index < -0.39 is 5.69 Å². The van der Waals surface area contributed by atoms with Gasteiger partial charge in [0.15, 0.2) is 0 Å². The molecule has 5 rings (SSSR count). The van der Waals surface area contributed by atoms with Crippen LogP contribution in [0.25, 0.3) is 10.9 Å². The number of halogens is 1. The van der Waals surface area contributed by atoms with E-state index in [4.69, 9.17) is 11.6 Å². The number of hydrogen-bond donors (Lipinski definition) is 1. The van der Waals surface area contributed by atoms with Crippen molar-refractivity contribution in [2.24, 2.45) is 0 Å². The molecule has 0 amide bonds. The monoisotopic (exact) mass is 490 g/mol. The number of aromatic nitrogens is 2. The van der Waals surface area contributed by atoms with Gasteiger partial charge in [-0.1, -0.05) is 54.1 Å². The van der Waals surface area contributed by atoms with Crippen molar-refractivity contribution < 1.29 is 5.11 Å². The highest BCUT2D eigenvalue weighted by Crippen LogP contribution is 2.29. The molecule has 1 aromatic heterocycles. The van der Waals surface area contributed by atoms with E-state index in [1.54, 1.807) is 34.9 Å². The third kappa shape index (κ3) is 4.70. The van der Waals surface area contributed by atoms with Crippen molar-refractivity contribution >= 4 is 28.2 Å². The molecule has 0 unspecified atom stereocenters. The van der Waals surface area contributed by atoms with E-state index in [1.165, 1.54) is 4.57 Å². The van der Waals surface area contributed by atoms with Crippen LogP contribution in [0.5, 0.6) is 5.75 Å². The van der Waals surface area contributed by atoms with Crippen molar-refractivity contribution in [3.8, 4) is 5.75 Å². The van der Waals surface area contributed by atoms with Crippen LogP contribution in [0.4, 0.5) is 5.69 Å². The van der Waals surface area contributed by atoms with Gasteiger partial charge in [-0.15, -0.1) is 0 Å². The number of aromatic hydroxyl groups is 1. The Kier molecular flexibility index (Phi) is 6.36. The number of benzene rings is 3. The van der Waals surface area contributed by atoms with Crippen molar-refractivity contribution in [1.29, 1.82) is 0 Å². The van der Waals surface area contributed by atoms with Gasteiger partial charge < -0.3 is 14.9 Å². The highest BCUT2D eigenvalue weighted by Gasteiger charge is 2.23. The highest BCUT2D eigenvalue weighted by molar-refractivity contribution is 6.31. The molecule has 0 aliphatic carbocycles. The van der Waals surface area contributed by atoms with Crippen LogP contribution in [0, 0.1) is 0 Å². The Bertz CT molecular complexity index is 1470. The fraction of sp³-hybridized carbons (Fsp3) is 0.259. The summed E-state index contributed by atoms with van der Waals surface area (Å²) in [4.78, 5) is 32.0. The zero-order chi connectivity index (χ0) is 24.5. The molecular weight excluding hydrogens is 464 g/mol. The number of phenolic OH excluding ortho intramolecular Hbond substituents is 1. The van der Waals surface area contributed by atoms with E-state index in [0.29, 0.717) is 22.5 Å². The fourth-order valence-electron chi connectivity index (χ4n) is 4.62. The van der Waals surface area contributed by atoms with Crippen LogP contribution in [0.1, 0.15) is 11.1 Å². The molecule has 180 valence electrons. The van der Waals surface area contributed by atoms with E-state index in [0.717, 1.165) is 43.0 Å². The summed E-state index contributed by atoms with van der Waals surface area (Å²) in [6.45, 7) is 3.70. The highest BCUT2D eigenvalue weighted by atomic mass is 35.5. The Labute approximate surface area is 208 Å². The molecule has 35 heavy (non-hydrogen) atoms. The summed E-state index contributed by atoms with van der Waals surface area (Å²) in [6.07, 6.45) is 0. The summed E-state index contributed by atoms with van der Waals surface area (Å²) in [7, 11) is 2.08. The first kappa shape index (κ1) is 23.2. The van der Waals surface area contributed by atoms with Crippen molar-refractivity contribution in [1.82, 2.24) is 14.0 Å². The maximum atomic E-state index is 13.9. The number of fused-ring (bicyclic) bond motifs is 1. The maximum Gasteiger partial charge on any atom is 0.332 e. The standard InChI is InChI=1S/C27H27ClN4O3/c1-29-11-13-30(14-12-29)23-15-21(28)16-24-25(23)26(34)32(18-20-7-9-22(33)10-8-20)27(35)31(24)17-19-5-3-2-4-6-19/h2-10,15-16,33H,11-14,17-18H2,1H3. The first-order chi connectivity index (χ1) is 16.9. The molecule has 1 aliphatic heterocycles. The molecule has 1 N–H and O–H groups in total. The molecular formula is C27H27ClN4O3. The van der Waals surface area contributed by atoms with Gasteiger partial charge >= 0.3 is 5.69 Å². The smallest absolute Gasteiger partial charge is 0.332 e. The van der Waals surface area contributed by atoms with Crippen LogP contribution >= 0.6 is 11.6 Å². The molecule has 0 bridgehead atoms. The summed E-state index contributed by atoms with van der Waals surface area (Å²) in [6, 6.07) is 19.8. The van der Waals surface area contributed by atoms with Gasteiger partial charge in [0.05, 0.1) is 29.7 Å². The number of piperazine rings is 1. The minimum absolute atomic E-state index is 0.105. The largest absolute Gasteiger partial charge is 0.508 e. The zero-order valence-corrected chi connectivity index (χ0v) is 20.3. The number of likely N-dealkylation sites (N-methyl/N-ethyl adjacent to an activating group) is 1. The van der Waals surface area contributed by atoms with Gasteiger partial charge in [0, 0.05) is 31.2 Å². The Morgan fingerprint density at radius 2 is 1.46 bits per heavy atom. The predicted octanol–water partition coefficient (Wildman–Crippen LogP) is 3.37. The summed E-state index contributed by atoms with van der Waals surface area (Å²) >= 11 is 6.55. The van der Waals surface area contributed by atoms with Gasteiger partial charge in [-0.3, -0.25) is 13.9 Å².